The van der Waals surface area contributed by atoms with Gasteiger partial charge in [-0.25, -0.2) is 14.8 Å². The molecule has 2 aromatic heterocycles. The molecule has 0 aliphatic heterocycles. The summed E-state index contributed by atoms with van der Waals surface area (Å²) in [4.78, 5) is 21.3. The first-order valence-corrected chi connectivity index (χ1v) is 3.72. The average molecular weight is 217 g/mol. The zero-order valence-corrected chi connectivity index (χ0v) is 6.90. The Morgan fingerprint density at radius 3 is 2.86 bits per heavy atom. The number of nitrogens with zero attached hydrogens (tertiary/aromatic N) is 2. The zero-order chi connectivity index (χ0) is 9.42. The van der Waals surface area contributed by atoms with Crippen molar-refractivity contribution in [1.82, 2.24) is 15.0 Å². The van der Waals surface area contributed by atoms with Gasteiger partial charge in [0.1, 0.15) is 12.0 Å². The number of hydrogen-bond acceptors (Lipinski definition) is 3. The van der Waals surface area contributed by atoms with E-state index in [2.05, 4.69) is 15.0 Å². The molecule has 14 heavy (non-hydrogen) atoms. The van der Waals surface area contributed by atoms with E-state index in [0.717, 1.165) is 5.56 Å². The molecule has 68 valence electrons. The van der Waals surface area contributed by atoms with Crippen molar-refractivity contribution in [2.75, 3.05) is 0 Å². The predicted octanol–water partition coefficient (Wildman–Crippen LogP) is 0.316. The van der Waals surface area contributed by atoms with Crippen LogP contribution in [-0.2, 0) is 0 Å². The van der Waals surface area contributed by atoms with E-state index in [0.29, 0.717) is 11.0 Å². The van der Waals surface area contributed by atoms with Crippen LogP contribution in [0.5, 0.6) is 0 Å². The first-order chi connectivity index (χ1) is 6.20. The van der Waals surface area contributed by atoms with Crippen molar-refractivity contribution in [3.05, 3.63) is 23.8 Å². The Morgan fingerprint density at radius 1 is 1.50 bits per heavy atom. The summed E-state index contributed by atoms with van der Waals surface area (Å²) < 4.78 is 0. The molecule has 0 unspecified atom stereocenters. The zero-order valence-electron chi connectivity index (χ0n) is 6.90. The first-order valence-electron chi connectivity index (χ1n) is 3.72. The minimum atomic E-state index is -1.03. The number of aromatic carboxylic acids is 1. The summed E-state index contributed by atoms with van der Waals surface area (Å²) >= 11 is 0. The van der Waals surface area contributed by atoms with E-state index in [1.54, 1.807) is 6.20 Å². The fourth-order valence-corrected chi connectivity index (χ4v) is 1.28. The summed E-state index contributed by atoms with van der Waals surface area (Å²) in [6.45, 7) is 1.81. The standard InChI is InChI=1S/C8H7N3O2.K.H/c1-4-2-9-7-5(4)6(8(12)13)10-3-11-7;;/h2-3H,1H3,(H,12,13)(H,9,10,11);;. The van der Waals surface area contributed by atoms with E-state index >= 15 is 0 Å². The van der Waals surface area contributed by atoms with Gasteiger partial charge in [0.05, 0.1) is 5.39 Å². The molecule has 0 spiro atoms. The van der Waals surface area contributed by atoms with Gasteiger partial charge in [-0.05, 0) is 12.5 Å². The number of H-pyrrole nitrogens is 1. The third-order valence-electron chi connectivity index (χ3n) is 1.87. The first kappa shape index (κ1) is 11.8. The van der Waals surface area contributed by atoms with Crippen LogP contribution in [0, 0.1) is 6.92 Å². The third kappa shape index (κ3) is 1.89. The van der Waals surface area contributed by atoms with Crippen molar-refractivity contribution < 1.29 is 9.90 Å². The molecule has 0 amide bonds. The van der Waals surface area contributed by atoms with Crippen molar-refractivity contribution in [1.29, 1.82) is 0 Å². The quantitative estimate of drug-likeness (QED) is 0.674. The molecular formula is C8H8KN3O2. The molecule has 2 heterocycles. The number of nitrogens with one attached hydrogen (secondary N) is 1. The van der Waals surface area contributed by atoms with Gasteiger partial charge in [0.25, 0.3) is 0 Å². The summed E-state index contributed by atoms with van der Waals surface area (Å²) in [5.41, 5.74) is 1.45. The molecule has 6 heteroatoms. The molecule has 2 rings (SSSR count). The maximum absolute atomic E-state index is 10.8. The fourth-order valence-electron chi connectivity index (χ4n) is 1.28. The molecule has 0 saturated carbocycles. The molecular weight excluding hydrogens is 209 g/mol. The Labute approximate surface area is 122 Å². The van der Waals surface area contributed by atoms with Crippen LogP contribution < -0.4 is 0 Å². The topological polar surface area (TPSA) is 78.9 Å². The number of carboxylic acid groups (broad SMARTS) is 1. The molecule has 5 nitrogen and oxygen atoms in total. The number of carboxylic acids is 1. The maximum atomic E-state index is 10.8. The van der Waals surface area contributed by atoms with E-state index < -0.39 is 5.97 Å². The van der Waals surface area contributed by atoms with Gasteiger partial charge >= 0.3 is 57.4 Å². The van der Waals surface area contributed by atoms with Gasteiger partial charge in [-0.1, -0.05) is 0 Å². The second-order valence-electron chi connectivity index (χ2n) is 2.72. The number of fused-ring (bicyclic) bond motifs is 1. The Morgan fingerprint density at radius 2 is 2.21 bits per heavy atom. The molecule has 0 saturated heterocycles. The number of aryl methyl sites for hydroxylation is 1. The SMILES string of the molecule is Cc1c[nH]c2ncnc(C(=O)O)c12.[KH]. The van der Waals surface area contributed by atoms with E-state index in [-0.39, 0.29) is 57.1 Å². The fraction of sp³-hybridized carbons (Fsp3) is 0.125. The van der Waals surface area contributed by atoms with Crippen LogP contribution in [0.4, 0.5) is 0 Å². The second kappa shape index (κ2) is 4.50. The number of rotatable bonds is 1. The molecule has 0 fully saturated rings. The van der Waals surface area contributed by atoms with Crippen molar-refractivity contribution in [3.8, 4) is 0 Å². The van der Waals surface area contributed by atoms with Crippen LogP contribution in [-0.4, -0.2) is 77.4 Å². The van der Waals surface area contributed by atoms with Crippen molar-refractivity contribution in [2.45, 2.75) is 6.92 Å². The molecule has 0 aromatic carbocycles. The van der Waals surface area contributed by atoms with Crippen molar-refractivity contribution in [2.24, 2.45) is 0 Å². The molecule has 0 atom stereocenters. The number of hydrogen-bond donors (Lipinski definition) is 2. The third-order valence-corrected chi connectivity index (χ3v) is 1.87. The van der Waals surface area contributed by atoms with Gasteiger partial charge in [0.15, 0.2) is 5.69 Å². The number of carbonyl (C=O) groups is 1. The van der Waals surface area contributed by atoms with Crippen molar-refractivity contribution in [3.63, 3.8) is 0 Å². The normalized spacial score (nSPS) is 9.79. The summed E-state index contributed by atoms with van der Waals surface area (Å²) in [5, 5.41) is 9.40. The van der Waals surface area contributed by atoms with Crippen LogP contribution >= 0.6 is 0 Å². The van der Waals surface area contributed by atoms with Crippen LogP contribution in [0.25, 0.3) is 11.0 Å². The minimum absolute atomic E-state index is 0. The van der Waals surface area contributed by atoms with Gasteiger partial charge in [-0.15, -0.1) is 0 Å². The van der Waals surface area contributed by atoms with Crippen molar-refractivity contribution >= 4 is 68.4 Å². The van der Waals surface area contributed by atoms with Gasteiger partial charge in [0.2, 0.25) is 0 Å². The van der Waals surface area contributed by atoms with Crippen LogP contribution in [0.3, 0.4) is 0 Å². The Balaban J connectivity index is 0.000000980. The Bertz CT molecular complexity index is 480. The molecule has 2 aromatic rings. The molecule has 2 N–H and O–H groups in total. The van der Waals surface area contributed by atoms with Crippen LogP contribution in [0.2, 0.25) is 0 Å². The summed E-state index contributed by atoms with van der Waals surface area (Å²) in [6, 6.07) is 0. The number of aromatic nitrogens is 3. The molecule has 0 radical (unpaired) electrons. The Hall–Kier alpha value is -0.274. The van der Waals surface area contributed by atoms with Crippen LogP contribution in [0.15, 0.2) is 12.5 Å². The van der Waals surface area contributed by atoms with Gasteiger partial charge in [-0.3, -0.25) is 0 Å². The van der Waals surface area contributed by atoms with Gasteiger partial charge < -0.3 is 10.1 Å². The second-order valence-corrected chi connectivity index (χ2v) is 2.72. The summed E-state index contributed by atoms with van der Waals surface area (Å²) in [7, 11) is 0. The predicted molar refractivity (Wildman–Crippen MR) is 52.7 cm³/mol. The number of aromatic amines is 1. The van der Waals surface area contributed by atoms with E-state index in [1.807, 2.05) is 6.92 Å². The van der Waals surface area contributed by atoms with Crippen LogP contribution in [0.1, 0.15) is 16.1 Å². The van der Waals surface area contributed by atoms with E-state index in [4.69, 9.17) is 5.11 Å². The monoisotopic (exact) mass is 217 g/mol. The van der Waals surface area contributed by atoms with E-state index in [1.165, 1.54) is 6.33 Å². The molecule has 0 aliphatic rings. The van der Waals surface area contributed by atoms with Gasteiger partial charge in [0, 0.05) is 6.20 Å². The van der Waals surface area contributed by atoms with Gasteiger partial charge in [-0.2, -0.15) is 0 Å². The molecule has 0 aliphatic carbocycles. The average Bonchev–Trinajstić information content (AvgIpc) is 2.48. The Kier molecular flexibility index (Phi) is 3.79. The molecule has 0 bridgehead atoms. The summed E-state index contributed by atoms with van der Waals surface area (Å²) in [6.07, 6.45) is 2.95. The van der Waals surface area contributed by atoms with E-state index in [9.17, 15) is 4.79 Å². The summed E-state index contributed by atoms with van der Waals surface area (Å²) in [5.74, 6) is -1.03.